The van der Waals surface area contributed by atoms with Crippen LogP contribution in [-0.2, 0) is 6.54 Å². The summed E-state index contributed by atoms with van der Waals surface area (Å²) in [5.41, 5.74) is 0.850. The number of likely N-dealkylation sites (tertiary alicyclic amines) is 2. The molecule has 1 spiro atoms. The van der Waals surface area contributed by atoms with Crippen molar-refractivity contribution in [2.75, 3.05) is 44.7 Å². The van der Waals surface area contributed by atoms with Crippen LogP contribution < -0.4 is 0 Å². The second-order valence-corrected chi connectivity index (χ2v) is 8.39. The molecule has 0 saturated carbocycles. The molecule has 24 heavy (non-hydrogen) atoms. The number of thioether (sulfide) groups is 1. The molecular weight excluding hydrogens is 326 g/mol. The Bertz CT molecular complexity index is 554. The van der Waals surface area contributed by atoms with E-state index in [-0.39, 0.29) is 0 Å². The van der Waals surface area contributed by atoms with Crippen LogP contribution in [0, 0.1) is 17.0 Å². The Kier molecular flexibility index (Phi) is 6.17. The smallest absolute Gasteiger partial charge is 0.163 e. The zero-order valence-corrected chi connectivity index (χ0v) is 15.4. The molecule has 2 aliphatic heterocycles. The second-order valence-electron chi connectivity index (χ2n) is 7.40. The maximum absolute atomic E-state index is 13.9. The molecular formula is C19H28F2N2S. The summed E-state index contributed by atoms with van der Waals surface area (Å²) in [6.45, 7) is 6.09. The molecule has 0 unspecified atom stereocenters. The zero-order chi connectivity index (χ0) is 17.0. The molecule has 0 radical (unpaired) electrons. The molecule has 2 heterocycles. The van der Waals surface area contributed by atoms with Gasteiger partial charge in [0.25, 0.3) is 0 Å². The van der Waals surface area contributed by atoms with Gasteiger partial charge in [-0.2, -0.15) is 11.8 Å². The first-order chi connectivity index (χ1) is 11.6. The summed E-state index contributed by atoms with van der Waals surface area (Å²) in [6.07, 6.45) is 7.10. The summed E-state index contributed by atoms with van der Waals surface area (Å²) in [4.78, 5) is 4.93. The van der Waals surface area contributed by atoms with Crippen LogP contribution in [0.15, 0.2) is 18.2 Å². The van der Waals surface area contributed by atoms with Crippen molar-refractivity contribution < 1.29 is 8.78 Å². The SMILES string of the molecule is CSCCCN1CC[C@@]2(CCCN(Cc3cccc(F)c3F)C2)C1. The largest absolute Gasteiger partial charge is 0.303 e. The number of halogens is 2. The predicted octanol–water partition coefficient (Wildman–Crippen LogP) is 4.01. The number of benzene rings is 1. The highest BCUT2D eigenvalue weighted by atomic mass is 32.2. The molecule has 2 fully saturated rings. The van der Waals surface area contributed by atoms with Gasteiger partial charge in [0.05, 0.1) is 0 Å². The van der Waals surface area contributed by atoms with E-state index < -0.39 is 11.6 Å². The zero-order valence-electron chi connectivity index (χ0n) is 14.6. The molecule has 0 aliphatic carbocycles. The molecule has 134 valence electrons. The van der Waals surface area contributed by atoms with Gasteiger partial charge in [0.15, 0.2) is 11.6 Å². The van der Waals surface area contributed by atoms with Gasteiger partial charge in [0.2, 0.25) is 0 Å². The van der Waals surface area contributed by atoms with Crippen molar-refractivity contribution in [1.82, 2.24) is 9.80 Å². The molecule has 0 N–H and O–H groups in total. The quantitative estimate of drug-likeness (QED) is 0.713. The molecule has 0 bridgehead atoms. The third-order valence-electron chi connectivity index (χ3n) is 5.51. The van der Waals surface area contributed by atoms with Crippen molar-refractivity contribution in [3.63, 3.8) is 0 Å². The van der Waals surface area contributed by atoms with Crippen LogP contribution in [0.2, 0.25) is 0 Å². The van der Waals surface area contributed by atoms with Crippen molar-refractivity contribution in [2.24, 2.45) is 5.41 Å². The van der Waals surface area contributed by atoms with E-state index in [1.807, 2.05) is 11.8 Å². The lowest BCUT2D eigenvalue weighted by molar-refractivity contribution is 0.0865. The fourth-order valence-electron chi connectivity index (χ4n) is 4.34. The lowest BCUT2D eigenvalue weighted by Crippen LogP contribution is -2.44. The van der Waals surface area contributed by atoms with Gasteiger partial charge in [-0.15, -0.1) is 0 Å². The van der Waals surface area contributed by atoms with E-state index in [9.17, 15) is 8.78 Å². The maximum Gasteiger partial charge on any atom is 0.163 e. The van der Waals surface area contributed by atoms with E-state index in [2.05, 4.69) is 16.1 Å². The molecule has 5 heteroatoms. The van der Waals surface area contributed by atoms with Crippen LogP contribution >= 0.6 is 11.8 Å². The van der Waals surface area contributed by atoms with Crippen LogP contribution in [0.25, 0.3) is 0 Å². The normalized spacial score (nSPS) is 25.6. The third-order valence-corrected chi connectivity index (χ3v) is 6.20. The van der Waals surface area contributed by atoms with Crippen LogP contribution in [0.4, 0.5) is 8.78 Å². The van der Waals surface area contributed by atoms with Gasteiger partial charge >= 0.3 is 0 Å². The average molecular weight is 355 g/mol. The van der Waals surface area contributed by atoms with Gasteiger partial charge in [-0.05, 0) is 68.8 Å². The number of hydrogen-bond acceptors (Lipinski definition) is 3. The molecule has 1 atom stereocenters. The monoisotopic (exact) mass is 354 g/mol. The van der Waals surface area contributed by atoms with Gasteiger partial charge in [-0.3, -0.25) is 4.90 Å². The predicted molar refractivity (Wildman–Crippen MR) is 97.4 cm³/mol. The Morgan fingerprint density at radius 1 is 1.12 bits per heavy atom. The Balaban J connectivity index is 1.57. The standard InChI is InChI=1S/C19H28F2N2S/c1-24-12-4-10-22-11-8-19(14-22)7-3-9-23(15-19)13-16-5-2-6-17(20)18(16)21/h2,5-6H,3-4,7-15H2,1H3/t19-/m0/s1. The summed E-state index contributed by atoms with van der Waals surface area (Å²) in [5, 5.41) is 0. The minimum Gasteiger partial charge on any atom is -0.303 e. The van der Waals surface area contributed by atoms with Crippen LogP contribution in [0.3, 0.4) is 0 Å². The summed E-state index contributed by atoms with van der Waals surface area (Å²) >= 11 is 1.92. The maximum atomic E-state index is 13.9. The number of rotatable bonds is 6. The molecule has 3 rings (SSSR count). The molecule has 0 aromatic heterocycles. The van der Waals surface area contributed by atoms with E-state index in [1.54, 1.807) is 12.1 Å². The van der Waals surface area contributed by atoms with Gasteiger partial charge in [0.1, 0.15) is 0 Å². The van der Waals surface area contributed by atoms with Crippen molar-refractivity contribution in [3.05, 3.63) is 35.4 Å². The Morgan fingerprint density at radius 3 is 2.79 bits per heavy atom. The summed E-state index contributed by atoms with van der Waals surface area (Å²) in [7, 11) is 0. The van der Waals surface area contributed by atoms with Crippen molar-refractivity contribution in [1.29, 1.82) is 0 Å². The van der Waals surface area contributed by atoms with Crippen molar-refractivity contribution in [2.45, 2.75) is 32.2 Å². The van der Waals surface area contributed by atoms with Crippen molar-refractivity contribution >= 4 is 11.8 Å². The summed E-state index contributed by atoms with van der Waals surface area (Å²) < 4.78 is 27.4. The van der Waals surface area contributed by atoms with Crippen LogP contribution in [0.1, 0.15) is 31.2 Å². The van der Waals surface area contributed by atoms with Gasteiger partial charge in [-0.1, -0.05) is 12.1 Å². The molecule has 1 aromatic rings. The van der Waals surface area contributed by atoms with Gasteiger partial charge in [-0.25, -0.2) is 8.78 Å². The first kappa shape index (κ1) is 18.2. The minimum absolute atomic E-state index is 0.363. The number of hydrogen-bond donors (Lipinski definition) is 0. The van der Waals surface area contributed by atoms with E-state index in [0.29, 0.717) is 17.5 Å². The van der Waals surface area contributed by atoms with E-state index in [0.717, 1.165) is 19.5 Å². The highest BCUT2D eigenvalue weighted by molar-refractivity contribution is 7.98. The second kappa shape index (κ2) is 8.15. The van der Waals surface area contributed by atoms with Crippen LogP contribution in [0.5, 0.6) is 0 Å². The average Bonchev–Trinajstić information content (AvgIpc) is 2.94. The van der Waals surface area contributed by atoms with Crippen molar-refractivity contribution in [3.8, 4) is 0 Å². The molecule has 2 nitrogen and oxygen atoms in total. The van der Waals surface area contributed by atoms with Gasteiger partial charge in [0, 0.05) is 25.2 Å². The topological polar surface area (TPSA) is 6.48 Å². The highest BCUT2D eigenvalue weighted by Gasteiger charge is 2.41. The molecule has 2 saturated heterocycles. The molecule has 2 aliphatic rings. The molecule has 1 aromatic carbocycles. The minimum atomic E-state index is -0.736. The Labute approximate surface area is 148 Å². The number of piperidine rings is 1. The fourth-order valence-corrected chi connectivity index (χ4v) is 4.76. The fraction of sp³-hybridized carbons (Fsp3) is 0.684. The van der Waals surface area contributed by atoms with E-state index >= 15 is 0 Å². The summed E-state index contributed by atoms with van der Waals surface area (Å²) in [5.74, 6) is -0.184. The lowest BCUT2D eigenvalue weighted by Gasteiger charge is -2.40. The third kappa shape index (κ3) is 4.30. The summed E-state index contributed by atoms with van der Waals surface area (Å²) in [6, 6.07) is 4.51. The van der Waals surface area contributed by atoms with Crippen LogP contribution in [-0.4, -0.2) is 54.5 Å². The van der Waals surface area contributed by atoms with Gasteiger partial charge < -0.3 is 4.90 Å². The molecule has 0 amide bonds. The number of nitrogens with zero attached hydrogens (tertiary/aromatic N) is 2. The first-order valence-electron chi connectivity index (χ1n) is 8.98. The Hall–Kier alpha value is -0.650. The van der Waals surface area contributed by atoms with E-state index in [4.69, 9.17) is 0 Å². The first-order valence-corrected chi connectivity index (χ1v) is 10.4. The van der Waals surface area contributed by atoms with E-state index in [1.165, 1.54) is 50.7 Å². The lowest BCUT2D eigenvalue weighted by atomic mass is 9.79. The highest BCUT2D eigenvalue weighted by Crippen LogP contribution is 2.39. The Morgan fingerprint density at radius 2 is 1.96 bits per heavy atom.